The molecule has 1 amide bonds. The van der Waals surface area contributed by atoms with E-state index in [1.807, 2.05) is 48.5 Å². The van der Waals surface area contributed by atoms with E-state index in [0.29, 0.717) is 41.7 Å². The molecule has 1 saturated heterocycles. The van der Waals surface area contributed by atoms with E-state index in [2.05, 4.69) is 21.4 Å². The molecular formula is C25H27N5O4. The summed E-state index contributed by atoms with van der Waals surface area (Å²) in [6.07, 6.45) is 2.98. The number of nitrogens with zero attached hydrogens (tertiary/aromatic N) is 4. The highest BCUT2D eigenvalue weighted by Crippen LogP contribution is 2.38. The Hall–Kier alpha value is -4.03. The van der Waals surface area contributed by atoms with Crippen LogP contribution in [0.15, 0.2) is 54.7 Å². The molecule has 1 aliphatic heterocycles. The van der Waals surface area contributed by atoms with Gasteiger partial charge in [-0.1, -0.05) is 24.3 Å². The van der Waals surface area contributed by atoms with Crippen molar-refractivity contribution in [3.63, 3.8) is 0 Å². The summed E-state index contributed by atoms with van der Waals surface area (Å²) in [7, 11) is 3.20. The Labute approximate surface area is 198 Å². The van der Waals surface area contributed by atoms with Gasteiger partial charge in [0.2, 0.25) is 11.7 Å². The lowest BCUT2D eigenvalue weighted by Gasteiger charge is -2.32. The maximum absolute atomic E-state index is 12.8. The van der Waals surface area contributed by atoms with Gasteiger partial charge in [0.15, 0.2) is 17.3 Å². The SMILES string of the molecule is COc1cccc(OC)c1OC1CCN(CC(=O)Nc2c(C#N)cnn2-c2ccccc2)CC1. The Kier molecular flexibility index (Phi) is 7.30. The summed E-state index contributed by atoms with van der Waals surface area (Å²) in [5.41, 5.74) is 1.08. The zero-order valence-electron chi connectivity index (χ0n) is 19.2. The van der Waals surface area contributed by atoms with Gasteiger partial charge in [0.25, 0.3) is 0 Å². The molecule has 0 aliphatic carbocycles. The zero-order valence-corrected chi connectivity index (χ0v) is 19.2. The van der Waals surface area contributed by atoms with Crippen molar-refractivity contribution in [2.24, 2.45) is 0 Å². The van der Waals surface area contributed by atoms with Crippen molar-refractivity contribution in [1.82, 2.24) is 14.7 Å². The molecule has 4 rings (SSSR count). The molecule has 2 aromatic carbocycles. The number of aromatic nitrogens is 2. The number of methoxy groups -OCH3 is 2. The molecule has 0 atom stereocenters. The molecule has 1 N–H and O–H groups in total. The largest absolute Gasteiger partial charge is 0.493 e. The predicted octanol–water partition coefficient (Wildman–Crippen LogP) is 3.24. The van der Waals surface area contributed by atoms with Crippen LogP contribution in [0.3, 0.4) is 0 Å². The van der Waals surface area contributed by atoms with Crippen LogP contribution in [0, 0.1) is 11.3 Å². The zero-order chi connectivity index (χ0) is 23.9. The van der Waals surface area contributed by atoms with E-state index in [-0.39, 0.29) is 18.6 Å². The number of ether oxygens (including phenoxy) is 3. The maximum atomic E-state index is 12.8. The first-order chi connectivity index (χ1) is 16.6. The van der Waals surface area contributed by atoms with E-state index in [9.17, 15) is 10.1 Å². The average Bonchev–Trinajstić information content (AvgIpc) is 3.28. The molecule has 34 heavy (non-hydrogen) atoms. The number of nitriles is 1. The molecular weight excluding hydrogens is 434 g/mol. The molecule has 3 aromatic rings. The van der Waals surface area contributed by atoms with Gasteiger partial charge < -0.3 is 19.5 Å². The first-order valence-corrected chi connectivity index (χ1v) is 11.1. The lowest BCUT2D eigenvalue weighted by molar-refractivity contribution is -0.117. The van der Waals surface area contributed by atoms with E-state index in [4.69, 9.17) is 14.2 Å². The van der Waals surface area contributed by atoms with Crippen LogP contribution >= 0.6 is 0 Å². The Balaban J connectivity index is 1.35. The van der Waals surface area contributed by atoms with Gasteiger partial charge >= 0.3 is 0 Å². The minimum Gasteiger partial charge on any atom is -0.493 e. The van der Waals surface area contributed by atoms with Crippen LogP contribution in [-0.4, -0.2) is 60.5 Å². The lowest BCUT2D eigenvalue weighted by atomic mass is 10.1. The normalized spacial score (nSPS) is 14.3. The molecule has 176 valence electrons. The third-order valence-corrected chi connectivity index (χ3v) is 5.72. The predicted molar refractivity (Wildman–Crippen MR) is 127 cm³/mol. The molecule has 9 heteroatoms. The second kappa shape index (κ2) is 10.7. The van der Waals surface area contributed by atoms with E-state index in [1.165, 1.54) is 6.20 Å². The number of nitrogens with one attached hydrogen (secondary N) is 1. The van der Waals surface area contributed by atoms with Gasteiger partial charge in [0.1, 0.15) is 17.7 Å². The molecule has 9 nitrogen and oxygen atoms in total. The topological polar surface area (TPSA) is 102 Å². The van der Waals surface area contributed by atoms with E-state index in [1.54, 1.807) is 18.9 Å². The second-order valence-corrected chi connectivity index (χ2v) is 7.90. The van der Waals surface area contributed by atoms with E-state index < -0.39 is 0 Å². The van der Waals surface area contributed by atoms with Gasteiger partial charge in [-0.05, 0) is 37.1 Å². The number of hydrogen-bond donors (Lipinski definition) is 1. The lowest BCUT2D eigenvalue weighted by Crippen LogP contribution is -2.42. The fourth-order valence-electron chi connectivity index (χ4n) is 3.98. The Morgan fingerprint density at radius 2 is 1.76 bits per heavy atom. The summed E-state index contributed by atoms with van der Waals surface area (Å²) in [6, 6.07) is 17.0. The van der Waals surface area contributed by atoms with Gasteiger partial charge in [-0.25, -0.2) is 4.68 Å². The number of rotatable bonds is 8. The minimum atomic E-state index is -0.194. The monoisotopic (exact) mass is 461 g/mol. The highest BCUT2D eigenvalue weighted by molar-refractivity contribution is 5.93. The van der Waals surface area contributed by atoms with Crippen LogP contribution in [0.2, 0.25) is 0 Å². The van der Waals surface area contributed by atoms with Gasteiger partial charge in [-0.3, -0.25) is 9.69 Å². The molecule has 1 aliphatic rings. The van der Waals surface area contributed by atoms with Crippen LogP contribution in [-0.2, 0) is 4.79 Å². The third-order valence-electron chi connectivity index (χ3n) is 5.72. The maximum Gasteiger partial charge on any atom is 0.239 e. The summed E-state index contributed by atoms with van der Waals surface area (Å²) in [4.78, 5) is 14.9. The minimum absolute atomic E-state index is 0.00536. The first-order valence-electron chi connectivity index (χ1n) is 11.1. The highest BCUT2D eigenvalue weighted by atomic mass is 16.5. The van der Waals surface area contributed by atoms with Crippen molar-refractivity contribution < 1.29 is 19.0 Å². The number of anilines is 1. The first kappa shape index (κ1) is 23.1. The molecule has 0 saturated carbocycles. The number of piperidine rings is 1. The van der Waals surface area contributed by atoms with Crippen molar-refractivity contribution in [2.45, 2.75) is 18.9 Å². The molecule has 1 fully saturated rings. The number of hydrogen-bond acceptors (Lipinski definition) is 7. The van der Waals surface area contributed by atoms with E-state index in [0.717, 1.165) is 18.5 Å². The fraction of sp³-hybridized carbons (Fsp3) is 0.320. The van der Waals surface area contributed by atoms with Crippen molar-refractivity contribution in [3.05, 3.63) is 60.3 Å². The molecule has 0 spiro atoms. The van der Waals surface area contributed by atoms with Crippen LogP contribution in [0.5, 0.6) is 17.2 Å². The average molecular weight is 462 g/mol. The van der Waals surface area contributed by atoms with Gasteiger partial charge in [0, 0.05) is 13.1 Å². The smallest absolute Gasteiger partial charge is 0.239 e. The van der Waals surface area contributed by atoms with Gasteiger partial charge in [0.05, 0.1) is 32.6 Å². The number of benzene rings is 2. The Morgan fingerprint density at radius 3 is 2.38 bits per heavy atom. The number of amides is 1. The van der Waals surface area contributed by atoms with Crippen LogP contribution < -0.4 is 19.5 Å². The number of carbonyl (C=O) groups is 1. The highest BCUT2D eigenvalue weighted by Gasteiger charge is 2.25. The van der Waals surface area contributed by atoms with Crippen LogP contribution in [0.25, 0.3) is 5.69 Å². The standard InChI is InChI=1S/C25H27N5O4/c1-32-21-9-6-10-22(33-2)24(21)34-20-11-13-29(14-12-20)17-23(31)28-25-18(15-26)16-27-30(25)19-7-4-3-5-8-19/h3-10,16,20H,11-14,17H2,1-2H3,(H,28,31). The van der Waals surface area contributed by atoms with Gasteiger partial charge in [-0.15, -0.1) is 0 Å². The molecule has 0 bridgehead atoms. The molecule has 1 aromatic heterocycles. The van der Waals surface area contributed by atoms with Crippen molar-refractivity contribution in [1.29, 1.82) is 5.26 Å². The quantitative estimate of drug-likeness (QED) is 0.549. The molecule has 2 heterocycles. The van der Waals surface area contributed by atoms with E-state index >= 15 is 0 Å². The molecule has 0 unspecified atom stereocenters. The summed E-state index contributed by atoms with van der Waals surface area (Å²) in [5, 5.41) is 16.6. The van der Waals surface area contributed by atoms with Gasteiger partial charge in [-0.2, -0.15) is 10.4 Å². The number of carbonyl (C=O) groups excluding carboxylic acids is 1. The van der Waals surface area contributed by atoms with Crippen molar-refractivity contribution in [3.8, 4) is 29.0 Å². The Bertz CT molecular complexity index is 1140. The Morgan fingerprint density at radius 1 is 1.09 bits per heavy atom. The van der Waals surface area contributed by atoms with Crippen LogP contribution in [0.4, 0.5) is 5.82 Å². The molecule has 0 radical (unpaired) electrons. The summed E-state index contributed by atoms with van der Waals surface area (Å²) in [5.74, 6) is 2.04. The van der Waals surface area contributed by atoms with Crippen molar-refractivity contribution >= 4 is 11.7 Å². The summed E-state index contributed by atoms with van der Waals surface area (Å²) >= 11 is 0. The number of likely N-dealkylation sites (tertiary alicyclic amines) is 1. The summed E-state index contributed by atoms with van der Waals surface area (Å²) < 4.78 is 18.6. The van der Waals surface area contributed by atoms with Crippen LogP contribution in [0.1, 0.15) is 18.4 Å². The number of para-hydroxylation sites is 2. The summed E-state index contributed by atoms with van der Waals surface area (Å²) in [6.45, 7) is 1.63. The second-order valence-electron chi connectivity index (χ2n) is 7.90. The fourth-order valence-corrected chi connectivity index (χ4v) is 3.98. The third kappa shape index (κ3) is 5.13. The van der Waals surface area contributed by atoms with Crippen molar-refractivity contribution in [2.75, 3.05) is 39.2 Å².